The Morgan fingerprint density at radius 3 is 2.75 bits per heavy atom. The van der Waals surface area contributed by atoms with Crippen molar-refractivity contribution in [2.45, 2.75) is 38.6 Å². The fourth-order valence-electron chi connectivity index (χ4n) is 4.84. The molecule has 1 N–H and O–H groups in total. The number of ether oxygens (including phenoxy) is 1. The number of anilines is 1. The third-order valence-electron chi connectivity index (χ3n) is 6.62. The van der Waals surface area contributed by atoms with E-state index < -0.39 is 0 Å². The lowest BCUT2D eigenvalue weighted by Crippen LogP contribution is -2.54. The van der Waals surface area contributed by atoms with E-state index in [1.165, 1.54) is 11.3 Å². The minimum atomic E-state index is -0.240. The van der Waals surface area contributed by atoms with Crippen LogP contribution in [0.4, 0.5) is 10.6 Å². The maximum Gasteiger partial charge on any atom is 0.331 e. The van der Waals surface area contributed by atoms with Gasteiger partial charge in [-0.15, -0.1) is 0 Å². The van der Waals surface area contributed by atoms with Crippen LogP contribution in [-0.4, -0.2) is 65.2 Å². The Morgan fingerprint density at radius 2 is 2.00 bits per heavy atom. The quantitative estimate of drug-likeness (QED) is 0.780. The van der Waals surface area contributed by atoms with E-state index in [-0.39, 0.29) is 24.5 Å². The highest BCUT2D eigenvalue weighted by Crippen LogP contribution is 2.33. The van der Waals surface area contributed by atoms with Crippen molar-refractivity contribution in [3.05, 3.63) is 36.0 Å². The molecule has 1 aromatic heterocycles. The monoisotopic (exact) mass is 436 g/mol. The van der Waals surface area contributed by atoms with Crippen LogP contribution in [0.5, 0.6) is 5.75 Å². The maximum absolute atomic E-state index is 13.4. The maximum atomic E-state index is 13.4. The standard InChI is InChI=1S/C23H28N6O3/c1-15-5-3-4-6-19(15)26-20(30)14-28-22-18(21-24-11-12-27(21)23(28)31)13-25-29(22)16-7-9-17(32-2)10-8-16/h7-10,13,15,19H,3-6,11-12,14H2,1-2H3,(H,26,30)/t15-,19+/m1/s1. The van der Waals surface area contributed by atoms with Crippen LogP contribution in [0.15, 0.2) is 35.5 Å². The number of nitrogens with zero attached hydrogens (tertiary/aromatic N) is 5. The lowest BCUT2D eigenvalue weighted by Gasteiger charge is -2.35. The highest BCUT2D eigenvalue weighted by molar-refractivity contribution is 6.20. The van der Waals surface area contributed by atoms with Gasteiger partial charge < -0.3 is 10.1 Å². The molecule has 0 spiro atoms. The first-order valence-corrected chi connectivity index (χ1v) is 11.2. The van der Waals surface area contributed by atoms with Crippen LogP contribution in [0.25, 0.3) is 5.69 Å². The number of fused-ring (bicyclic) bond motifs is 3. The predicted molar refractivity (Wildman–Crippen MR) is 121 cm³/mol. The average Bonchev–Trinajstić information content (AvgIpc) is 3.46. The van der Waals surface area contributed by atoms with Crippen molar-refractivity contribution < 1.29 is 14.3 Å². The number of nitrogens with one attached hydrogen (secondary N) is 1. The molecule has 1 aliphatic carbocycles. The normalized spacial score (nSPS) is 22.3. The number of amidine groups is 1. The van der Waals surface area contributed by atoms with Crippen LogP contribution in [0.1, 0.15) is 38.2 Å². The molecule has 5 rings (SSSR count). The first kappa shape index (κ1) is 20.5. The Labute approximate surface area is 187 Å². The molecule has 1 saturated carbocycles. The van der Waals surface area contributed by atoms with Crippen molar-refractivity contribution in [1.29, 1.82) is 0 Å². The molecule has 9 heteroatoms. The summed E-state index contributed by atoms with van der Waals surface area (Å²) in [5.41, 5.74) is 1.54. The molecule has 0 saturated heterocycles. The van der Waals surface area contributed by atoms with Crippen LogP contribution in [0.2, 0.25) is 0 Å². The Bertz CT molecular complexity index is 1060. The van der Waals surface area contributed by atoms with Crippen LogP contribution < -0.4 is 15.0 Å². The molecule has 2 aromatic rings. The molecule has 2 aliphatic heterocycles. The first-order chi connectivity index (χ1) is 15.6. The molecule has 2 atom stereocenters. The molecule has 1 aromatic carbocycles. The van der Waals surface area contributed by atoms with E-state index in [2.05, 4.69) is 22.3 Å². The lowest BCUT2D eigenvalue weighted by molar-refractivity contribution is -0.121. The second-order valence-electron chi connectivity index (χ2n) is 8.65. The number of rotatable bonds is 5. The summed E-state index contributed by atoms with van der Waals surface area (Å²) in [5, 5.41) is 7.71. The number of aromatic nitrogens is 2. The van der Waals surface area contributed by atoms with Gasteiger partial charge in [-0.05, 0) is 43.0 Å². The molecule has 168 valence electrons. The van der Waals surface area contributed by atoms with Gasteiger partial charge in [-0.2, -0.15) is 5.10 Å². The van der Waals surface area contributed by atoms with E-state index >= 15 is 0 Å². The van der Waals surface area contributed by atoms with E-state index in [1.807, 2.05) is 24.3 Å². The van der Waals surface area contributed by atoms with Crippen molar-refractivity contribution in [3.63, 3.8) is 0 Å². The Hall–Kier alpha value is -3.36. The minimum Gasteiger partial charge on any atom is -0.497 e. The van der Waals surface area contributed by atoms with Gasteiger partial charge in [0.25, 0.3) is 0 Å². The number of urea groups is 1. The van der Waals surface area contributed by atoms with Gasteiger partial charge in [0.15, 0.2) is 5.82 Å². The van der Waals surface area contributed by atoms with Crippen LogP contribution in [-0.2, 0) is 4.79 Å². The van der Waals surface area contributed by atoms with Crippen molar-refractivity contribution >= 4 is 23.6 Å². The number of benzene rings is 1. The summed E-state index contributed by atoms with van der Waals surface area (Å²) in [6, 6.07) is 7.36. The number of carbonyl (C=O) groups is 2. The third-order valence-corrected chi connectivity index (χ3v) is 6.62. The zero-order valence-electron chi connectivity index (χ0n) is 18.5. The number of aliphatic imine (C=N–C) groups is 1. The van der Waals surface area contributed by atoms with Crippen molar-refractivity contribution in [2.24, 2.45) is 10.9 Å². The van der Waals surface area contributed by atoms with Gasteiger partial charge in [-0.25, -0.2) is 9.48 Å². The minimum absolute atomic E-state index is 0.0549. The fraction of sp³-hybridized carbons (Fsp3) is 0.478. The van der Waals surface area contributed by atoms with Crippen LogP contribution >= 0.6 is 0 Å². The molecule has 3 heterocycles. The van der Waals surface area contributed by atoms with Gasteiger partial charge in [0.2, 0.25) is 5.91 Å². The highest BCUT2D eigenvalue weighted by atomic mass is 16.5. The lowest BCUT2D eigenvalue weighted by atomic mass is 9.86. The fourth-order valence-corrected chi connectivity index (χ4v) is 4.84. The highest BCUT2D eigenvalue weighted by Gasteiger charge is 2.41. The van der Waals surface area contributed by atoms with E-state index in [9.17, 15) is 9.59 Å². The van der Waals surface area contributed by atoms with Gasteiger partial charge in [0, 0.05) is 12.6 Å². The van der Waals surface area contributed by atoms with Crippen molar-refractivity contribution in [3.8, 4) is 11.4 Å². The Balaban J connectivity index is 1.47. The van der Waals surface area contributed by atoms with Gasteiger partial charge in [-0.1, -0.05) is 19.8 Å². The zero-order chi connectivity index (χ0) is 22.2. The molecule has 3 aliphatic rings. The summed E-state index contributed by atoms with van der Waals surface area (Å²) in [4.78, 5) is 34.1. The van der Waals surface area contributed by atoms with E-state index in [4.69, 9.17) is 4.74 Å². The number of methoxy groups -OCH3 is 1. The summed E-state index contributed by atoms with van der Waals surface area (Å²) in [6.07, 6.45) is 6.16. The van der Waals surface area contributed by atoms with E-state index in [1.54, 1.807) is 22.9 Å². The summed E-state index contributed by atoms with van der Waals surface area (Å²) in [6.45, 7) is 3.19. The number of carbonyl (C=O) groups excluding carboxylic acids is 2. The predicted octanol–water partition coefficient (Wildman–Crippen LogP) is 2.58. The van der Waals surface area contributed by atoms with Gasteiger partial charge >= 0.3 is 6.03 Å². The van der Waals surface area contributed by atoms with Gasteiger partial charge in [0.05, 0.1) is 31.1 Å². The molecule has 0 unspecified atom stereocenters. The van der Waals surface area contributed by atoms with Gasteiger partial charge in [0.1, 0.15) is 18.1 Å². The second kappa shape index (κ2) is 8.29. The zero-order valence-corrected chi connectivity index (χ0v) is 18.5. The smallest absolute Gasteiger partial charge is 0.331 e. The largest absolute Gasteiger partial charge is 0.497 e. The molecule has 9 nitrogen and oxygen atoms in total. The summed E-state index contributed by atoms with van der Waals surface area (Å²) in [5.74, 6) is 2.23. The molecular weight excluding hydrogens is 408 g/mol. The Kier molecular flexibility index (Phi) is 5.32. The summed E-state index contributed by atoms with van der Waals surface area (Å²) in [7, 11) is 1.61. The van der Waals surface area contributed by atoms with Crippen molar-refractivity contribution in [2.75, 3.05) is 31.6 Å². The number of amides is 3. The van der Waals surface area contributed by atoms with Crippen molar-refractivity contribution in [1.82, 2.24) is 20.0 Å². The van der Waals surface area contributed by atoms with Crippen LogP contribution in [0, 0.1) is 5.92 Å². The molecule has 3 amide bonds. The summed E-state index contributed by atoms with van der Waals surface area (Å²) >= 11 is 0. The topological polar surface area (TPSA) is 92.1 Å². The first-order valence-electron chi connectivity index (χ1n) is 11.2. The SMILES string of the molecule is COc1ccc(-n2ncc3c2N(CC(=O)N[C@H]2CCCC[C@H]2C)C(=O)N2CCN=C32)cc1. The molecule has 0 bridgehead atoms. The molecule has 1 fully saturated rings. The molecule has 0 radical (unpaired) electrons. The molecule has 32 heavy (non-hydrogen) atoms. The average molecular weight is 437 g/mol. The number of hydrogen-bond acceptors (Lipinski definition) is 5. The second-order valence-corrected chi connectivity index (χ2v) is 8.65. The number of hydrogen-bond donors (Lipinski definition) is 1. The van der Waals surface area contributed by atoms with E-state index in [0.29, 0.717) is 30.7 Å². The van der Waals surface area contributed by atoms with E-state index in [0.717, 1.165) is 36.3 Å². The van der Waals surface area contributed by atoms with Crippen LogP contribution in [0.3, 0.4) is 0 Å². The third kappa shape index (κ3) is 3.51. The molecular formula is C23H28N6O3. The Morgan fingerprint density at radius 1 is 1.22 bits per heavy atom. The van der Waals surface area contributed by atoms with Gasteiger partial charge in [-0.3, -0.25) is 19.6 Å². The summed E-state index contributed by atoms with van der Waals surface area (Å²) < 4.78 is 6.95.